The van der Waals surface area contributed by atoms with Crippen molar-refractivity contribution in [2.45, 2.75) is 20.3 Å². The Morgan fingerprint density at radius 3 is 2.26 bits per heavy atom. The van der Waals surface area contributed by atoms with Gasteiger partial charge in [-0.25, -0.2) is 0 Å². The summed E-state index contributed by atoms with van der Waals surface area (Å²) in [5, 5.41) is 13.5. The number of nitrogens with zero attached hydrogens (tertiary/aromatic N) is 3. The summed E-state index contributed by atoms with van der Waals surface area (Å²) in [5.74, 6) is 0. The summed E-state index contributed by atoms with van der Waals surface area (Å²) in [6.07, 6.45) is 0.727. The molecule has 0 spiro atoms. The van der Waals surface area contributed by atoms with E-state index in [0.717, 1.165) is 58.8 Å². The van der Waals surface area contributed by atoms with Crippen molar-refractivity contribution in [1.82, 2.24) is 0 Å². The van der Waals surface area contributed by atoms with Crippen LogP contribution in [-0.2, 0) is 6.42 Å². The summed E-state index contributed by atoms with van der Waals surface area (Å²) in [6.45, 7) is 6.26. The summed E-state index contributed by atoms with van der Waals surface area (Å²) < 4.78 is 0. The maximum absolute atomic E-state index is 11.4. The third-order valence-corrected chi connectivity index (χ3v) is 6.61. The Morgan fingerprint density at radius 1 is 0.829 bits per heavy atom. The first-order valence-electron chi connectivity index (χ1n) is 12.0. The second kappa shape index (κ2) is 9.50. The van der Waals surface area contributed by atoms with E-state index in [1.54, 1.807) is 12.1 Å². The Balaban J connectivity index is 1.54. The van der Waals surface area contributed by atoms with Crippen LogP contribution >= 0.6 is 0 Å². The quantitative estimate of drug-likeness (QED) is 0.195. The number of benzene rings is 4. The first-order valence-corrected chi connectivity index (χ1v) is 12.0. The molecule has 4 aromatic rings. The van der Waals surface area contributed by atoms with E-state index in [-0.39, 0.29) is 10.6 Å². The van der Waals surface area contributed by atoms with Gasteiger partial charge in [0.2, 0.25) is 0 Å². The van der Waals surface area contributed by atoms with Crippen molar-refractivity contribution < 1.29 is 4.92 Å². The monoisotopic (exact) mass is 464 g/mol. The van der Waals surface area contributed by atoms with Crippen LogP contribution < -0.4 is 15.3 Å². The highest BCUT2D eigenvalue weighted by Gasteiger charge is 2.26. The molecular formula is C29H28N4O2. The molecule has 1 aliphatic carbocycles. The molecule has 1 N–H and O–H groups in total. The fourth-order valence-electron chi connectivity index (χ4n) is 4.80. The van der Waals surface area contributed by atoms with E-state index in [1.165, 1.54) is 5.69 Å². The molecule has 0 unspecified atom stereocenters. The summed E-state index contributed by atoms with van der Waals surface area (Å²) >= 11 is 0. The van der Waals surface area contributed by atoms with E-state index >= 15 is 0 Å². The van der Waals surface area contributed by atoms with Crippen LogP contribution in [0.1, 0.15) is 25.0 Å². The zero-order valence-corrected chi connectivity index (χ0v) is 19.9. The van der Waals surface area contributed by atoms with Gasteiger partial charge in [0.05, 0.1) is 22.0 Å². The maximum Gasteiger partial charge on any atom is 0.270 e. The van der Waals surface area contributed by atoms with Crippen molar-refractivity contribution in [2.24, 2.45) is 0 Å². The van der Waals surface area contributed by atoms with E-state index in [1.807, 2.05) is 30.3 Å². The Kier molecular flexibility index (Phi) is 6.10. The SMILES string of the molecule is CCN(CC)c1ccc(NN(c2ccccc2)c2cccc3c2Cc2ccc([N+](=O)[O-])cc2-3)cc1. The third kappa shape index (κ3) is 4.30. The lowest BCUT2D eigenvalue weighted by atomic mass is 10.0. The molecule has 0 aromatic heterocycles. The van der Waals surface area contributed by atoms with Gasteiger partial charge in [-0.05, 0) is 78.6 Å². The van der Waals surface area contributed by atoms with Crippen molar-refractivity contribution in [3.8, 4) is 11.1 Å². The minimum absolute atomic E-state index is 0.119. The van der Waals surface area contributed by atoms with Gasteiger partial charge in [-0.15, -0.1) is 0 Å². The number of anilines is 4. The second-order valence-corrected chi connectivity index (χ2v) is 8.58. The highest BCUT2D eigenvalue weighted by molar-refractivity contribution is 5.86. The summed E-state index contributed by atoms with van der Waals surface area (Å²) in [5.41, 5.74) is 12.2. The lowest BCUT2D eigenvalue weighted by molar-refractivity contribution is -0.384. The smallest absolute Gasteiger partial charge is 0.270 e. The van der Waals surface area contributed by atoms with E-state index in [2.05, 4.69) is 77.7 Å². The van der Waals surface area contributed by atoms with Crippen molar-refractivity contribution in [3.63, 3.8) is 0 Å². The molecule has 5 rings (SSSR count). The highest BCUT2D eigenvalue weighted by Crippen LogP contribution is 2.44. The lowest BCUT2D eigenvalue weighted by Crippen LogP contribution is -2.26. The fraction of sp³-hybridized carbons (Fsp3) is 0.172. The number of hydrogen-bond donors (Lipinski definition) is 1. The van der Waals surface area contributed by atoms with Crippen LogP contribution in [0.25, 0.3) is 11.1 Å². The van der Waals surface area contributed by atoms with Crippen molar-refractivity contribution in [2.75, 3.05) is 28.4 Å². The fourth-order valence-corrected chi connectivity index (χ4v) is 4.80. The number of fused-ring (bicyclic) bond motifs is 3. The Bertz CT molecular complexity index is 1350. The lowest BCUT2D eigenvalue weighted by Gasteiger charge is -2.29. The Labute approximate surface area is 205 Å². The average Bonchev–Trinajstić information content (AvgIpc) is 3.27. The molecule has 0 fully saturated rings. The van der Waals surface area contributed by atoms with Gasteiger partial charge in [-0.1, -0.05) is 36.4 Å². The normalized spacial score (nSPS) is 11.5. The first kappa shape index (κ1) is 22.5. The topological polar surface area (TPSA) is 61.6 Å². The molecule has 0 aliphatic heterocycles. The van der Waals surface area contributed by atoms with Crippen LogP contribution in [0.2, 0.25) is 0 Å². The first-order chi connectivity index (χ1) is 17.1. The third-order valence-electron chi connectivity index (χ3n) is 6.61. The number of non-ortho nitro benzene ring substituents is 1. The van der Waals surface area contributed by atoms with Gasteiger partial charge in [0.1, 0.15) is 0 Å². The number of nitrogens with one attached hydrogen (secondary N) is 1. The number of nitro benzene ring substituents is 1. The molecule has 0 atom stereocenters. The molecule has 0 bridgehead atoms. The predicted molar refractivity (Wildman–Crippen MR) is 144 cm³/mol. The van der Waals surface area contributed by atoms with Gasteiger partial charge in [0, 0.05) is 37.3 Å². The van der Waals surface area contributed by atoms with Gasteiger partial charge in [0.25, 0.3) is 5.69 Å². The molecule has 176 valence electrons. The van der Waals surface area contributed by atoms with Crippen LogP contribution in [0.15, 0.2) is 91.0 Å². The number of nitro groups is 1. The molecular weight excluding hydrogens is 436 g/mol. The molecule has 0 radical (unpaired) electrons. The van der Waals surface area contributed by atoms with Gasteiger partial charge < -0.3 is 4.90 Å². The van der Waals surface area contributed by atoms with E-state index in [4.69, 9.17) is 0 Å². The zero-order valence-electron chi connectivity index (χ0n) is 19.9. The number of para-hydroxylation sites is 1. The van der Waals surface area contributed by atoms with Crippen molar-refractivity contribution in [3.05, 3.63) is 112 Å². The van der Waals surface area contributed by atoms with Crippen LogP contribution in [0, 0.1) is 10.1 Å². The standard InChI is InChI=1S/C29H28N4O2/c1-3-31(4-2)23-17-14-22(15-18-23)30-32(24-9-6-5-7-10-24)29-12-8-11-26-27-20-25(33(34)35)16-13-21(27)19-28(26)29/h5-18,20,30H,3-4,19H2,1-2H3. The summed E-state index contributed by atoms with van der Waals surface area (Å²) in [4.78, 5) is 13.4. The summed E-state index contributed by atoms with van der Waals surface area (Å²) in [6, 6.07) is 30.0. The largest absolute Gasteiger partial charge is 0.372 e. The van der Waals surface area contributed by atoms with Crippen LogP contribution in [0.3, 0.4) is 0 Å². The van der Waals surface area contributed by atoms with Gasteiger partial charge in [-0.2, -0.15) is 0 Å². The number of rotatable bonds is 8. The van der Waals surface area contributed by atoms with E-state index < -0.39 is 0 Å². The molecule has 6 nitrogen and oxygen atoms in total. The minimum Gasteiger partial charge on any atom is -0.372 e. The van der Waals surface area contributed by atoms with Crippen LogP contribution in [-0.4, -0.2) is 18.0 Å². The molecule has 0 heterocycles. The molecule has 0 saturated heterocycles. The van der Waals surface area contributed by atoms with Gasteiger partial charge in [0.15, 0.2) is 0 Å². The number of hydrogen-bond acceptors (Lipinski definition) is 5. The van der Waals surface area contributed by atoms with Crippen LogP contribution in [0.5, 0.6) is 0 Å². The minimum atomic E-state index is -0.332. The van der Waals surface area contributed by atoms with Gasteiger partial charge >= 0.3 is 0 Å². The Hall–Kier alpha value is -4.32. The molecule has 0 amide bonds. The zero-order chi connectivity index (χ0) is 24.4. The molecule has 4 aromatic carbocycles. The van der Waals surface area contributed by atoms with Crippen molar-refractivity contribution in [1.29, 1.82) is 0 Å². The molecule has 0 saturated carbocycles. The van der Waals surface area contributed by atoms with Crippen LogP contribution in [0.4, 0.5) is 28.4 Å². The molecule has 1 aliphatic rings. The van der Waals surface area contributed by atoms with E-state index in [9.17, 15) is 10.1 Å². The second-order valence-electron chi connectivity index (χ2n) is 8.58. The molecule has 35 heavy (non-hydrogen) atoms. The predicted octanol–water partition coefficient (Wildman–Crippen LogP) is 7.18. The Morgan fingerprint density at radius 2 is 1.57 bits per heavy atom. The highest BCUT2D eigenvalue weighted by atomic mass is 16.6. The molecule has 6 heteroatoms. The number of hydrazine groups is 1. The summed E-state index contributed by atoms with van der Waals surface area (Å²) in [7, 11) is 0. The van der Waals surface area contributed by atoms with E-state index in [0.29, 0.717) is 0 Å². The maximum atomic E-state index is 11.4. The average molecular weight is 465 g/mol. The van der Waals surface area contributed by atoms with Gasteiger partial charge in [-0.3, -0.25) is 20.5 Å². The van der Waals surface area contributed by atoms with Crippen molar-refractivity contribution >= 4 is 28.4 Å².